The minimum Gasteiger partial charge on any atom is -1.00 e. The second-order valence-corrected chi connectivity index (χ2v) is 15.3. The molecule has 0 radical (unpaired) electrons. The second kappa shape index (κ2) is 16.3. The maximum absolute atomic E-state index is 14.0. The van der Waals surface area contributed by atoms with Crippen LogP contribution < -0.4 is 34.4 Å². The summed E-state index contributed by atoms with van der Waals surface area (Å²) in [6.07, 6.45) is 2.91. The quantitative estimate of drug-likeness (QED) is 0.148. The fourth-order valence-electron chi connectivity index (χ4n) is 4.51. The van der Waals surface area contributed by atoms with Crippen molar-refractivity contribution in [1.29, 1.82) is 10.5 Å². The number of benzene rings is 4. The van der Waals surface area contributed by atoms with E-state index in [0.29, 0.717) is 26.3 Å². The highest BCUT2D eigenvalue weighted by Gasteiger charge is 2.22. The van der Waals surface area contributed by atoms with Gasteiger partial charge in [-0.25, -0.2) is 25.6 Å². The Labute approximate surface area is 317 Å². The average Bonchev–Trinajstić information content (AvgIpc) is 3.56. The summed E-state index contributed by atoms with van der Waals surface area (Å²) in [5, 5.41) is 19.1. The van der Waals surface area contributed by atoms with Crippen LogP contribution in [0.5, 0.6) is 0 Å². The van der Waals surface area contributed by atoms with Crippen LogP contribution in [0.3, 0.4) is 0 Å². The molecule has 3 N–H and O–H groups in total. The Hall–Kier alpha value is -4.10. The van der Waals surface area contributed by atoms with Crippen molar-refractivity contribution < 1.29 is 49.6 Å². The maximum Gasteiger partial charge on any atom is 0.264 e. The molecule has 260 valence electrons. The third kappa shape index (κ3) is 9.36. The molecule has 0 saturated heterocycles. The molecule has 0 amide bonds. The molecule has 0 aliphatic heterocycles. The Bertz CT molecular complexity index is 2550. The van der Waals surface area contributed by atoms with E-state index in [2.05, 4.69) is 4.72 Å². The number of hydrogen-bond donors (Lipinski definition) is 2. The summed E-state index contributed by atoms with van der Waals surface area (Å²) in [7, 11) is 1.03. The first kappa shape index (κ1) is 40.3. The van der Waals surface area contributed by atoms with Crippen LogP contribution in [0.25, 0.3) is 21.8 Å². The number of aromatic nitrogens is 2. The largest absolute Gasteiger partial charge is 1.00 e. The smallest absolute Gasteiger partial charge is 0.264 e. The van der Waals surface area contributed by atoms with Gasteiger partial charge in [-0.05, 0) is 72.8 Å². The van der Waals surface area contributed by atoms with Gasteiger partial charge in [-0.3, -0.25) is 4.72 Å². The summed E-state index contributed by atoms with van der Waals surface area (Å²) < 4.78 is 79.8. The van der Waals surface area contributed by atoms with Crippen LogP contribution in [0.2, 0.25) is 10.0 Å². The van der Waals surface area contributed by atoms with E-state index in [9.17, 15) is 25.6 Å². The number of nitrogens with one attached hydrogen (secondary N) is 1. The van der Waals surface area contributed by atoms with E-state index in [0.717, 1.165) is 17.6 Å². The number of sulfonamides is 1. The summed E-state index contributed by atoms with van der Waals surface area (Å²) in [5.74, 6) is -1.36. The van der Waals surface area contributed by atoms with Crippen molar-refractivity contribution >= 4 is 86.1 Å². The molecule has 0 spiro atoms. The van der Waals surface area contributed by atoms with Crippen LogP contribution in [0.1, 0.15) is 11.1 Å². The topological polar surface area (TPSA) is 164 Å². The van der Waals surface area contributed by atoms with Crippen molar-refractivity contribution in [2.45, 2.75) is 9.79 Å². The van der Waals surface area contributed by atoms with Crippen LogP contribution in [-0.2, 0) is 33.2 Å². The lowest BCUT2D eigenvalue weighted by Crippen LogP contribution is -3.00. The molecule has 6 aromatic rings. The molecule has 10 nitrogen and oxygen atoms in total. The zero-order valence-electron chi connectivity index (χ0n) is 25.7. The van der Waals surface area contributed by atoms with Gasteiger partial charge in [0.15, 0.2) is 0 Å². The Kier molecular flexibility index (Phi) is 13.1. The molecule has 18 heteroatoms. The van der Waals surface area contributed by atoms with E-state index < -0.39 is 30.7 Å². The van der Waals surface area contributed by atoms with Crippen LogP contribution in [0.15, 0.2) is 95.0 Å². The van der Waals surface area contributed by atoms with Crippen LogP contribution in [0.4, 0.5) is 20.2 Å². The molecule has 4 aromatic carbocycles. The lowest BCUT2D eigenvalue weighted by molar-refractivity contribution is -0.0000158. The van der Waals surface area contributed by atoms with Crippen LogP contribution in [0, 0.1) is 34.3 Å². The molecule has 0 aliphatic carbocycles. The molecule has 2 aromatic heterocycles. The number of nitrogens with zero attached hydrogens (tertiary/aromatic N) is 4. The Morgan fingerprint density at radius 3 is 1.64 bits per heavy atom. The van der Waals surface area contributed by atoms with Gasteiger partial charge < -0.3 is 38.8 Å². The number of aryl methyl sites for hydroxylation is 2. The van der Waals surface area contributed by atoms with E-state index in [4.69, 9.17) is 50.1 Å². The minimum absolute atomic E-state index is 0. The van der Waals surface area contributed by atoms with Gasteiger partial charge >= 0.3 is 0 Å². The lowest BCUT2D eigenvalue weighted by atomic mass is 10.2. The summed E-state index contributed by atoms with van der Waals surface area (Å²) in [6, 6.07) is 20.9. The van der Waals surface area contributed by atoms with E-state index in [-0.39, 0.29) is 56.3 Å². The standard InChI is InChI=1S/C16H11ClFN3O2S.C9H7Cl2NO2S.C7H5FN2.HI/c1-21-9-16(12-4-3-11(17)7-15(12)21)24(22,23)20-14-5-2-10(8-19)6-13(14)18;1-12-5-9(15(11,13)14)7-3-2-6(10)4-8(7)12;8-6-3-5(4-9)1-2-7(6)10;/h2-7,9,20H,1H3;2-5H,1H3;1-3H,10H2;1H/p-1. The van der Waals surface area contributed by atoms with Crippen molar-refractivity contribution in [3.05, 3.63) is 118 Å². The summed E-state index contributed by atoms with van der Waals surface area (Å²) >= 11 is 11.8. The highest BCUT2D eigenvalue weighted by atomic mass is 127. The summed E-state index contributed by atoms with van der Waals surface area (Å²) in [6.45, 7) is 0. The van der Waals surface area contributed by atoms with Gasteiger partial charge in [-0.15, -0.1) is 0 Å². The SMILES string of the molecule is Cn1cc(S(=O)(=O)Cl)c2ccc(Cl)cc21.Cn1cc(S(=O)(=O)Nc2ccc(C#N)cc2F)c2ccc(Cl)cc21.N#Cc1ccc(N)c(F)c1.[I-]. The van der Waals surface area contributed by atoms with Crippen molar-refractivity contribution in [3.63, 3.8) is 0 Å². The molecule has 0 unspecified atom stereocenters. The molecule has 0 fully saturated rings. The molecular formula is C32H23Cl3F2IN6O4S2-. The predicted octanol–water partition coefficient (Wildman–Crippen LogP) is 4.69. The number of halogens is 6. The molecule has 6 rings (SSSR count). The maximum atomic E-state index is 14.0. The average molecular weight is 891 g/mol. The Morgan fingerprint density at radius 1 is 0.720 bits per heavy atom. The normalized spacial score (nSPS) is 10.9. The van der Waals surface area contributed by atoms with E-state index in [1.165, 1.54) is 36.7 Å². The molecule has 0 atom stereocenters. The first-order valence-corrected chi connectivity index (χ1v) is 18.1. The van der Waals surface area contributed by atoms with E-state index >= 15 is 0 Å². The Balaban J connectivity index is 0.000000222. The summed E-state index contributed by atoms with van der Waals surface area (Å²) in [5.41, 5.74) is 6.78. The van der Waals surface area contributed by atoms with Crippen LogP contribution in [-0.4, -0.2) is 26.0 Å². The highest BCUT2D eigenvalue weighted by molar-refractivity contribution is 8.14. The van der Waals surface area contributed by atoms with Crippen molar-refractivity contribution in [2.24, 2.45) is 14.1 Å². The Morgan fingerprint density at radius 2 is 1.18 bits per heavy atom. The van der Waals surface area contributed by atoms with Crippen molar-refractivity contribution in [1.82, 2.24) is 9.13 Å². The molecule has 0 bridgehead atoms. The number of fused-ring (bicyclic) bond motifs is 2. The molecule has 0 aliphatic rings. The van der Waals surface area contributed by atoms with Crippen molar-refractivity contribution in [3.8, 4) is 12.1 Å². The first-order valence-electron chi connectivity index (χ1n) is 13.6. The van der Waals surface area contributed by atoms with E-state index in [1.54, 1.807) is 71.8 Å². The molecule has 50 heavy (non-hydrogen) atoms. The fraction of sp³-hybridized carbons (Fsp3) is 0.0625. The van der Waals surface area contributed by atoms with Gasteiger partial charge in [0.05, 0.1) is 45.7 Å². The van der Waals surface area contributed by atoms with Crippen LogP contribution >= 0.6 is 33.9 Å². The zero-order chi connectivity index (χ0) is 36.3. The van der Waals surface area contributed by atoms with Gasteiger partial charge in [0.1, 0.15) is 21.4 Å². The van der Waals surface area contributed by atoms with Gasteiger partial charge in [0.25, 0.3) is 19.1 Å². The number of hydrogen-bond acceptors (Lipinski definition) is 7. The third-order valence-corrected chi connectivity index (χ3v) is 10.1. The number of nitriles is 2. The predicted molar refractivity (Wildman–Crippen MR) is 186 cm³/mol. The molecular weight excluding hydrogens is 868 g/mol. The minimum atomic E-state index is -4.01. The number of rotatable bonds is 4. The van der Waals surface area contributed by atoms with Gasteiger partial charge in [0, 0.05) is 58.0 Å². The fourth-order valence-corrected chi connectivity index (χ4v) is 7.26. The van der Waals surface area contributed by atoms with Gasteiger partial charge in [0.2, 0.25) is 0 Å². The zero-order valence-corrected chi connectivity index (χ0v) is 31.7. The second-order valence-electron chi connectivity index (χ2n) is 10.2. The molecule has 0 saturated carbocycles. The lowest BCUT2D eigenvalue weighted by Gasteiger charge is -2.08. The highest BCUT2D eigenvalue weighted by Crippen LogP contribution is 2.30. The number of nitrogen functional groups attached to an aromatic ring is 1. The molecule has 2 heterocycles. The van der Waals surface area contributed by atoms with Crippen molar-refractivity contribution in [2.75, 3.05) is 10.5 Å². The number of nitrogens with two attached hydrogens (primary N) is 1. The monoisotopic (exact) mass is 889 g/mol. The number of anilines is 2. The van der Waals surface area contributed by atoms with Gasteiger partial charge in [-0.1, -0.05) is 23.2 Å². The third-order valence-electron chi connectivity index (χ3n) is 6.86. The van der Waals surface area contributed by atoms with E-state index in [1.807, 2.05) is 0 Å². The first-order chi connectivity index (χ1) is 22.9. The summed E-state index contributed by atoms with van der Waals surface area (Å²) in [4.78, 5) is 0.124. The van der Waals surface area contributed by atoms with Gasteiger partial charge in [-0.2, -0.15) is 10.5 Å².